The minimum Gasteiger partial charge on any atom is -0.376 e. The van der Waals surface area contributed by atoms with E-state index in [1.165, 1.54) is 12.8 Å². The number of nitrogens with one attached hydrogen (secondary N) is 2. The summed E-state index contributed by atoms with van der Waals surface area (Å²) in [5.41, 5.74) is 1.98. The van der Waals surface area contributed by atoms with Gasteiger partial charge in [-0.25, -0.2) is 0 Å². The zero-order valence-corrected chi connectivity index (χ0v) is 13.7. The maximum atomic E-state index is 12.2. The Bertz CT molecular complexity index is 485. The van der Waals surface area contributed by atoms with Crippen LogP contribution in [0.2, 0.25) is 0 Å². The van der Waals surface area contributed by atoms with Crippen molar-refractivity contribution >= 4 is 24.0 Å². The predicted octanol–water partition coefficient (Wildman–Crippen LogP) is 3.12. The normalized spacial score (nSPS) is 21.0. The standard InChI is InChI=1S/C17H24N2O2.ClH/c20-17(16-6-1-2-9-18-16)19-15-5-3-4-14(10-15)12-21-11-13-7-8-13;/h3-5,10,13,16,18H,1-2,6-9,11-12H2,(H,19,20);1H. The maximum absolute atomic E-state index is 12.2. The fourth-order valence-corrected chi connectivity index (χ4v) is 2.67. The van der Waals surface area contributed by atoms with E-state index in [0.717, 1.165) is 49.6 Å². The van der Waals surface area contributed by atoms with Crippen molar-refractivity contribution in [3.8, 4) is 0 Å². The highest BCUT2D eigenvalue weighted by Crippen LogP contribution is 2.29. The molecule has 0 spiro atoms. The number of rotatable bonds is 6. The molecule has 1 heterocycles. The molecule has 4 nitrogen and oxygen atoms in total. The van der Waals surface area contributed by atoms with Crippen molar-refractivity contribution in [2.24, 2.45) is 5.92 Å². The number of hydrogen-bond acceptors (Lipinski definition) is 3. The second-order valence-electron chi connectivity index (χ2n) is 6.15. The molecule has 1 saturated heterocycles. The van der Waals surface area contributed by atoms with Gasteiger partial charge in [0.1, 0.15) is 0 Å². The Balaban J connectivity index is 0.00000176. The molecule has 22 heavy (non-hydrogen) atoms. The number of hydrogen-bond donors (Lipinski definition) is 2. The lowest BCUT2D eigenvalue weighted by molar-refractivity contribution is -0.118. The summed E-state index contributed by atoms with van der Waals surface area (Å²) in [6, 6.07) is 7.91. The highest BCUT2D eigenvalue weighted by molar-refractivity contribution is 5.94. The molecular weight excluding hydrogens is 300 g/mol. The van der Waals surface area contributed by atoms with Crippen molar-refractivity contribution in [2.75, 3.05) is 18.5 Å². The summed E-state index contributed by atoms with van der Waals surface area (Å²) in [5.74, 6) is 0.857. The third kappa shape index (κ3) is 5.27. The average Bonchev–Trinajstić information content (AvgIpc) is 3.33. The van der Waals surface area contributed by atoms with Gasteiger partial charge in [0, 0.05) is 12.3 Å². The summed E-state index contributed by atoms with van der Waals surface area (Å²) in [6.45, 7) is 2.43. The molecule has 1 aliphatic heterocycles. The van der Waals surface area contributed by atoms with E-state index >= 15 is 0 Å². The Hall–Kier alpha value is -1.10. The number of carbonyl (C=O) groups is 1. The lowest BCUT2D eigenvalue weighted by Gasteiger charge is -2.22. The van der Waals surface area contributed by atoms with Crippen molar-refractivity contribution in [2.45, 2.75) is 44.8 Å². The summed E-state index contributed by atoms with van der Waals surface area (Å²) in [6.07, 6.45) is 5.84. The predicted molar refractivity (Wildman–Crippen MR) is 90.3 cm³/mol. The SMILES string of the molecule is Cl.O=C(Nc1cccc(COCC2CC2)c1)C1CCCCN1. The Morgan fingerprint density at radius 3 is 2.86 bits per heavy atom. The fourth-order valence-electron chi connectivity index (χ4n) is 2.67. The summed E-state index contributed by atoms with van der Waals surface area (Å²) in [4.78, 5) is 12.2. The molecular formula is C17H25ClN2O2. The zero-order chi connectivity index (χ0) is 14.5. The molecule has 0 bridgehead atoms. The van der Waals surface area contributed by atoms with Gasteiger partial charge in [0.2, 0.25) is 5.91 Å². The first-order valence-corrected chi connectivity index (χ1v) is 8.02. The molecule has 2 N–H and O–H groups in total. The van der Waals surface area contributed by atoms with Crippen LogP contribution in [0, 0.1) is 5.92 Å². The summed E-state index contributed by atoms with van der Waals surface area (Å²) in [5, 5.41) is 6.28. The first-order valence-electron chi connectivity index (χ1n) is 8.02. The van der Waals surface area contributed by atoms with Crippen LogP contribution in [-0.2, 0) is 16.1 Å². The van der Waals surface area contributed by atoms with Crippen LogP contribution in [0.1, 0.15) is 37.7 Å². The number of benzene rings is 1. The fraction of sp³-hybridized carbons (Fsp3) is 0.588. The maximum Gasteiger partial charge on any atom is 0.241 e. The Labute approximate surface area is 138 Å². The molecule has 1 amide bonds. The van der Waals surface area contributed by atoms with Crippen LogP contribution in [0.15, 0.2) is 24.3 Å². The van der Waals surface area contributed by atoms with Crippen LogP contribution in [0.25, 0.3) is 0 Å². The monoisotopic (exact) mass is 324 g/mol. The Morgan fingerprint density at radius 1 is 1.27 bits per heavy atom. The van der Waals surface area contributed by atoms with Gasteiger partial charge in [-0.1, -0.05) is 18.6 Å². The first-order chi connectivity index (χ1) is 10.3. The Kier molecular flexibility index (Phi) is 6.68. The van der Waals surface area contributed by atoms with Crippen LogP contribution in [-0.4, -0.2) is 25.1 Å². The number of carbonyl (C=O) groups excluding carboxylic acids is 1. The van der Waals surface area contributed by atoms with Crippen molar-refractivity contribution in [3.05, 3.63) is 29.8 Å². The van der Waals surface area contributed by atoms with Crippen molar-refractivity contribution < 1.29 is 9.53 Å². The van der Waals surface area contributed by atoms with E-state index in [1.807, 2.05) is 24.3 Å². The molecule has 122 valence electrons. The molecule has 1 saturated carbocycles. The highest BCUT2D eigenvalue weighted by atomic mass is 35.5. The lowest BCUT2D eigenvalue weighted by atomic mass is 10.0. The molecule has 1 aromatic rings. The Morgan fingerprint density at radius 2 is 2.14 bits per heavy atom. The summed E-state index contributed by atoms with van der Waals surface area (Å²) >= 11 is 0. The third-order valence-electron chi connectivity index (χ3n) is 4.14. The van der Waals surface area contributed by atoms with Gasteiger partial charge in [-0.2, -0.15) is 0 Å². The molecule has 1 atom stereocenters. The zero-order valence-electron chi connectivity index (χ0n) is 12.8. The molecule has 3 rings (SSSR count). The molecule has 1 aliphatic carbocycles. The molecule has 2 aliphatic rings. The van der Waals surface area contributed by atoms with Gasteiger partial charge < -0.3 is 15.4 Å². The molecule has 0 radical (unpaired) electrons. The topological polar surface area (TPSA) is 50.4 Å². The van der Waals surface area contributed by atoms with E-state index in [4.69, 9.17) is 4.74 Å². The molecule has 2 fully saturated rings. The van der Waals surface area contributed by atoms with Crippen LogP contribution < -0.4 is 10.6 Å². The molecule has 5 heteroatoms. The van der Waals surface area contributed by atoms with Crippen molar-refractivity contribution in [3.63, 3.8) is 0 Å². The van der Waals surface area contributed by atoms with E-state index in [9.17, 15) is 4.79 Å². The largest absolute Gasteiger partial charge is 0.376 e. The van der Waals surface area contributed by atoms with Crippen LogP contribution >= 0.6 is 12.4 Å². The molecule has 1 aromatic carbocycles. The quantitative estimate of drug-likeness (QED) is 0.845. The van der Waals surface area contributed by atoms with Crippen molar-refractivity contribution in [1.82, 2.24) is 5.32 Å². The van der Waals surface area contributed by atoms with Gasteiger partial charge in [-0.05, 0) is 55.8 Å². The minimum absolute atomic E-state index is 0. The number of halogens is 1. The van der Waals surface area contributed by atoms with E-state index in [-0.39, 0.29) is 24.4 Å². The van der Waals surface area contributed by atoms with E-state index < -0.39 is 0 Å². The van der Waals surface area contributed by atoms with Gasteiger partial charge in [0.25, 0.3) is 0 Å². The van der Waals surface area contributed by atoms with Gasteiger partial charge >= 0.3 is 0 Å². The highest BCUT2D eigenvalue weighted by Gasteiger charge is 2.21. The second kappa shape index (κ2) is 8.51. The average molecular weight is 325 g/mol. The second-order valence-corrected chi connectivity index (χ2v) is 6.15. The van der Waals surface area contributed by atoms with Gasteiger partial charge in [-0.15, -0.1) is 12.4 Å². The number of piperidine rings is 1. The lowest BCUT2D eigenvalue weighted by Crippen LogP contribution is -2.43. The van der Waals surface area contributed by atoms with Crippen molar-refractivity contribution in [1.29, 1.82) is 0 Å². The molecule has 0 aromatic heterocycles. The van der Waals surface area contributed by atoms with E-state index in [2.05, 4.69) is 10.6 Å². The number of anilines is 1. The van der Waals surface area contributed by atoms with Gasteiger partial charge in [0.05, 0.1) is 12.6 Å². The first kappa shape index (κ1) is 17.3. The van der Waals surface area contributed by atoms with Gasteiger partial charge in [-0.3, -0.25) is 4.79 Å². The smallest absolute Gasteiger partial charge is 0.241 e. The summed E-state index contributed by atoms with van der Waals surface area (Å²) < 4.78 is 5.69. The van der Waals surface area contributed by atoms with Crippen LogP contribution in [0.5, 0.6) is 0 Å². The van der Waals surface area contributed by atoms with Crippen LogP contribution in [0.4, 0.5) is 5.69 Å². The minimum atomic E-state index is -0.0477. The van der Waals surface area contributed by atoms with E-state index in [1.54, 1.807) is 0 Å². The number of amides is 1. The van der Waals surface area contributed by atoms with Crippen LogP contribution in [0.3, 0.4) is 0 Å². The molecule has 1 unspecified atom stereocenters. The van der Waals surface area contributed by atoms with Gasteiger partial charge in [0.15, 0.2) is 0 Å². The third-order valence-corrected chi connectivity index (χ3v) is 4.14. The summed E-state index contributed by atoms with van der Waals surface area (Å²) in [7, 11) is 0. The number of ether oxygens (including phenoxy) is 1. The van der Waals surface area contributed by atoms with E-state index in [0.29, 0.717) is 6.61 Å².